The zero-order valence-corrected chi connectivity index (χ0v) is 9.32. The fourth-order valence-electron chi connectivity index (χ4n) is 1.17. The number of hydrogen-bond donors (Lipinski definition) is 1. The SMILES string of the molecule is O[C@@H](ON1CCCCC1)C(Cl)(Cl)Cl. The number of halogens is 3. The summed E-state index contributed by atoms with van der Waals surface area (Å²) in [6, 6.07) is 0. The van der Waals surface area contributed by atoms with Crippen LogP contribution in [0, 0.1) is 0 Å². The third kappa shape index (κ3) is 4.19. The molecule has 0 aromatic heterocycles. The second-order valence-corrected chi connectivity index (χ2v) is 5.36. The van der Waals surface area contributed by atoms with Gasteiger partial charge in [0.15, 0.2) is 0 Å². The van der Waals surface area contributed by atoms with Crippen molar-refractivity contribution in [3.63, 3.8) is 0 Å². The summed E-state index contributed by atoms with van der Waals surface area (Å²) < 4.78 is -1.78. The number of rotatable bonds is 2. The van der Waals surface area contributed by atoms with E-state index in [0.717, 1.165) is 25.9 Å². The van der Waals surface area contributed by atoms with Crippen LogP contribution in [0.1, 0.15) is 19.3 Å². The first-order valence-electron chi connectivity index (χ1n) is 4.16. The summed E-state index contributed by atoms with van der Waals surface area (Å²) in [4.78, 5) is 5.05. The van der Waals surface area contributed by atoms with Gasteiger partial charge in [0.2, 0.25) is 10.1 Å². The van der Waals surface area contributed by atoms with E-state index < -0.39 is 10.1 Å². The van der Waals surface area contributed by atoms with Gasteiger partial charge in [-0.25, -0.2) is 0 Å². The van der Waals surface area contributed by atoms with Gasteiger partial charge in [-0.3, -0.25) is 4.84 Å². The van der Waals surface area contributed by atoms with Crippen molar-refractivity contribution in [3.05, 3.63) is 0 Å². The standard InChI is InChI=1S/C7H12Cl3NO2/c8-7(9,10)6(12)13-11-4-2-1-3-5-11/h6,12H,1-5H2/t6-/m0/s1. The van der Waals surface area contributed by atoms with Gasteiger partial charge in [-0.2, -0.15) is 5.06 Å². The Labute approximate surface area is 92.5 Å². The zero-order chi connectivity index (χ0) is 9.90. The number of aliphatic hydroxyl groups excluding tert-OH is 1. The maximum Gasteiger partial charge on any atom is 0.242 e. The highest BCUT2D eigenvalue weighted by atomic mass is 35.6. The fraction of sp³-hybridized carbons (Fsp3) is 1.00. The van der Waals surface area contributed by atoms with Crippen molar-refractivity contribution in [2.45, 2.75) is 29.3 Å². The summed E-state index contributed by atoms with van der Waals surface area (Å²) in [5.74, 6) is 0. The van der Waals surface area contributed by atoms with Gasteiger partial charge in [0.1, 0.15) is 0 Å². The van der Waals surface area contributed by atoms with Gasteiger partial charge in [-0.15, -0.1) is 0 Å². The van der Waals surface area contributed by atoms with E-state index in [1.54, 1.807) is 5.06 Å². The van der Waals surface area contributed by atoms with Crippen molar-refractivity contribution >= 4 is 34.8 Å². The molecule has 0 aromatic carbocycles. The zero-order valence-electron chi connectivity index (χ0n) is 7.05. The van der Waals surface area contributed by atoms with Gasteiger partial charge in [-0.1, -0.05) is 41.2 Å². The minimum Gasteiger partial charge on any atom is -0.363 e. The lowest BCUT2D eigenvalue weighted by Gasteiger charge is -2.30. The molecule has 1 fully saturated rings. The van der Waals surface area contributed by atoms with E-state index in [1.807, 2.05) is 0 Å². The van der Waals surface area contributed by atoms with E-state index >= 15 is 0 Å². The average Bonchev–Trinajstić information content (AvgIpc) is 2.04. The molecular formula is C7H12Cl3NO2. The maximum absolute atomic E-state index is 9.28. The maximum atomic E-state index is 9.28. The van der Waals surface area contributed by atoms with Crippen molar-refractivity contribution < 1.29 is 9.94 Å². The van der Waals surface area contributed by atoms with E-state index in [9.17, 15) is 5.11 Å². The Hall–Kier alpha value is 0.750. The predicted octanol–water partition coefficient (Wildman–Crippen LogP) is 2.09. The van der Waals surface area contributed by atoms with Crippen LogP contribution >= 0.6 is 34.8 Å². The van der Waals surface area contributed by atoms with Crippen molar-refractivity contribution in [1.29, 1.82) is 0 Å². The molecule has 0 bridgehead atoms. The first-order valence-corrected chi connectivity index (χ1v) is 5.30. The van der Waals surface area contributed by atoms with Crippen LogP contribution < -0.4 is 0 Å². The largest absolute Gasteiger partial charge is 0.363 e. The molecule has 78 valence electrons. The second kappa shape index (κ2) is 5.01. The van der Waals surface area contributed by atoms with E-state index in [0.29, 0.717) is 0 Å². The first kappa shape index (κ1) is 11.8. The number of nitrogens with zero attached hydrogens (tertiary/aromatic N) is 1. The Morgan fingerprint density at radius 2 is 1.69 bits per heavy atom. The Kier molecular flexibility index (Phi) is 4.55. The van der Waals surface area contributed by atoms with Crippen molar-refractivity contribution in [3.8, 4) is 0 Å². The van der Waals surface area contributed by atoms with Crippen molar-refractivity contribution in [1.82, 2.24) is 5.06 Å². The molecule has 0 radical (unpaired) electrons. The van der Waals surface area contributed by atoms with Crippen LogP contribution in [0.5, 0.6) is 0 Å². The predicted molar refractivity (Wildman–Crippen MR) is 52.8 cm³/mol. The van der Waals surface area contributed by atoms with Gasteiger partial charge < -0.3 is 5.11 Å². The summed E-state index contributed by atoms with van der Waals surface area (Å²) in [6.07, 6.45) is 1.89. The molecule has 1 aliphatic rings. The van der Waals surface area contributed by atoms with Gasteiger partial charge in [-0.05, 0) is 12.8 Å². The molecule has 1 atom stereocenters. The summed E-state index contributed by atoms with van der Waals surface area (Å²) in [5, 5.41) is 10.9. The first-order chi connectivity index (χ1) is 6.00. The Morgan fingerprint density at radius 3 is 2.15 bits per heavy atom. The van der Waals surface area contributed by atoms with E-state index in [-0.39, 0.29) is 0 Å². The molecule has 0 aliphatic carbocycles. The highest BCUT2D eigenvalue weighted by molar-refractivity contribution is 6.67. The Morgan fingerprint density at radius 1 is 1.15 bits per heavy atom. The minimum absolute atomic E-state index is 0.776. The smallest absolute Gasteiger partial charge is 0.242 e. The van der Waals surface area contributed by atoms with E-state index in [2.05, 4.69) is 0 Å². The number of aliphatic hydroxyl groups is 1. The molecule has 3 nitrogen and oxygen atoms in total. The molecule has 1 heterocycles. The fourth-order valence-corrected chi connectivity index (χ4v) is 1.29. The van der Waals surface area contributed by atoms with Gasteiger partial charge >= 0.3 is 0 Å². The number of alkyl halides is 3. The highest BCUT2D eigenvalue weighted by Gasteiger charge is 2.34. The van der Waals surface area contributed by atoms with Gasteiger partial charge in [0.25, 0.3) is 0 Å². The molecule has 0 unspecified atom stereocenters. The van der Waals surface area contributed by atoms with Crippen LogP contribution in [0.3, 0.4) is 0 Å². The number of piperidine rings is 1. The summed E-state index contributed by atoms with van der Waals surface area (Å²) in [5.41, 5.74) is 0. The summed E-state index contributed by atoms with van der Waals surface area (Å²) in [6.45, 7) is 1.55. The van der Waals surface area contributed by atoms with Crippen molar-refractivity contribution in [2.75, 3.05) is 13.1 Å². The number of hydroxylamine groups is 2. The third-order valence-corrected chi connectivity index (χ3v) is 2.40. The topological polar surface area (TPSA) is 32.7 Å². The van der Waals surface area contributed by atoms with Crippen LogP contribution in [0.25, 0.3) is 0 Å². The van der Waals surface area contributed by atoms with Gasteiger partial charge in [0.05, 0.1) is 0 Å². The molecule has 6 heteroatoms. The van der Waals surface area contributed by atoms with E-state index in [4.69, 9.17) is 39.6 Å². The minimum atomic E-state index is -1.78. The highest BCUT2D eigenvalue weighted by Crippen LogP contribution is 2.31. The molecule has 1 saturated heterocycles. The van der Waals surface area contributed by atoms with E-state index in [1.165, 1.54) is 6.42 Å². The summed E-state index contributed by atoms with van der Waals surface area (Å²) >= 11 is 16.3. The normalized spacial score (nSPS) is 23.1. The third-order valence-electron chi connectivity index (χ3n) is 1.84. The van der Waals surface area contributed by atoms with Crippen molar-refractivity contribution in [2.24, 2.45) is 0 Å². The lowest BCUT2D eigenvalue weighted by Crippen LogP contribution is -2.39. The van der Waals surface area contributed by atoms with Gasteiger partial charge in [0, 0.05) is 13.1 Å². The number of hydrogen-bond acceptors (Lipinski definition) is 3. The Bertz CT molecular complexity index is 156. The summed E-state index contributed by atoms with van der Waals surface area (Å²) in [7, 11) is 0. The second-order valence-electron chi connectivity index (χ2n) is 2.99. The van der Waals surface area contributed by atoms with Crippen LogP contribution in [0.2, 0.25) is 0 Å². The lowest BCUT2D eigenvalue weighted by molar-refractivity contribution is -0.267. The quantitative estimate of drug-likeness (QED) is 0.600. The lowest BCUT2D eigenvalue weighted by atomic mass is 10.2. The molecule has 1 aliphatic heterocycles. The van der Waals surface area contributed by atoms with Crippen LogP contribution in [-0.4, -0.2) is 33.3 Å². The monoisotopic (exact) mass is 247 g/mol. The molecule has 1 rings (SSSR count). The molecular weight excluding hydrogens is 236 g/mol. The van der Waals surface area contributed by atoms with Crippen LogP contribution in [0.15, 0.2) is 0 Å². The van der Waals surface area contributed by atoms with Crippen LogP contribution in [-0.2, 0) is 4.84 Å². The molecule has 0 spiro atoms. The average molecular weight is 249 g/mol. The molecule has 0 saturated carbocycles. The Balaban J connectivity index is 2.30. The molecule has 1 N–H and O–H groups in total. The molecule has 0 aromatic rings. The molecule has 0 amide bonds. The van der Waals surface area contributed by atoms with Crippen LogP contribution in [0.4, 0.5) is 0 Å². The molecule has 13 heavy (non-hydrogen) atoms.